The Morgan fingerprint density at radius 2 is 1.67 bits per heavy atom. The summed E-state index contributed by atoms with van der Waals surface area (Å²) in [5, 5.41) is 3.28. The van der Waals surface area contributed by atoms with E-state index < -0.39 is 23.2 Å². The number of fused-ring (bicyclic) bond motifs is 1. The fourth-order valence-corrected chi connectivity index (χ4v) is 3.03. The van der Waals surface area contributed by atoms with Crippen molar-refractivity contribution in [3.05, 3.63) is 35.4 Å². The molecule has 0 radical (unpaired) electrons. The number of hydrogen-bond acceptors (Lipinski definition) is 5. The summed E-state index contributed by atoms with van der Waals surface area (Å²) in [7, 11) is 0. The largest absolute Gasteiger partial charge is 0.352 e. The highest BCUT2D eigenvalue weighted by atomic mass is 16.7. The summed E-state index contributed by atoms with van der Waals surface area (Å²) in [5.74, 6) is -2.55. The SMILES string of the molecule is O=C1c2ccccc2C(=O)N1OC(=O)C1(C(=O)NC2CC2)CCC1. The number of benzene rings is 1. The van der Waals surface area contributed by atoms with Crippen LogP contribution in [0.3, 0.4) is 0 Å². The van der Waals surface area contributed by atoms with E-state index in [2.05, 4.69) is 5.32 Å². The van der Waals surface area contributed by atoms with E-state index >= 15 is 0 Å². The topological polar surface area (TPSA) is 92.8 Å². The van der Waals surface area contributed by atoms with Crippen molar-refractivity contribution >= 4 is 23.7 Å². The predicted octanol–water partition coefficient (Wildman–Crippen LogP) is 1.19. The number of nitrogens with one attached hydrogen (secondary N) is 1. The van der Waals surface area contributed by atoms with E-state index in [9.17, 15) is 19.2 Å². The zero-order chi connectivity index (χ0) is 16.9. The molecule has 3 aliphatic rings. The van der Waals surface area contributed by atoms with Crippen molar-refractivity contribution in [1.29, 1.82) is 0 Å². The second-order valence-electron chi connectivity index (χ2n) is 6.51. The van der Waals surface area contributed by atoms with Crippen molar-refractivity contribution in [2.24, 2.45) is 5.41 Å². The van der Waals surface area contributed by atoms with Gasteiger partial charge in [0.05, 0.1) is 11.1 Å². The first-order valence-corrected chi connectivity index (χ1v) is 8.04. The van der Waals surface area contributed by atoms with Gasteiger partial charge in [-0.2, -0.15) is 0 Å². The highest BCUT2D eigenvalue weighted by molar-refractivity contribution is 6.21. The van der Waals surface area contributed by atoms with Gasteiger partial charge >= 0.3 is 5.97 Å². The summed E-state index contributed by atoms with van der Waals surface area (Å²) in [6.45, 7) is 0. The van der Waals surface area contributed by atoms with Gasteiger partial charge in [-0.05, 0) is 37.8 Å². The number of carbonyl (C=O) groups excluding carboxylic acids is 4. The van der Waals surface area contributed by atoms with Crippen LogP contribution in [0.1, 0.15) is 52.8 Å². The summed E-state index contributed by atoms with van der Waals surface area (Å²) in [4.78, 5) is 54.6. The van der Waals surface area contributed by atoms with Crippen LogP contribution in [0.4, 0.5) is 0 Å². The number of imide groups is 1. The standard InChI is InChI=1S/C17H16N2O5/c20-13-11-4-1-2-5-12(11)14(21)19(13)24-16(23)17(8-3-9-17)15(22)18-10-6-7-10/h1-2,4-5,10H,3,6-9H2,(H,18,22). The van der Waals surface area contributed by atoms with Gasteiger partial charge in [-0.1, -0.05) is 23.6 Å². The lowest BCUT2D eigenvalue weighted by Crippen LogP contribution is -2.54. The van der Waals surface area contributed by atoms with E-state index in [4.69, 9.17) is 4.84 Å². The maximum Gasteiger partial charge on any atom is 0.348 e. The van der Waals surface area contributed by atoms with Crippen LogP contribution in [0.5, 0.6) is 0 Å². The van der Waals surface area contributed by atoms with Crippen molar-refractivity contribution in [3.63, 3.8) is 0 Å². The molecule has 0 unspecified atom stereocenters. The second-order valence-corrected chi connectivity index (χ2v) is 6.51. The zero-order valence-corrected chi connectivity index (χ0v) is 12.9. The van der Waals surface area contributed by atoms with Crippen LogP contribution >= 0.6 is 0 Å². The summed E-state index contributed by atoms with van der Waals surface area (Å²) in [5.41, 5.74) is -0.890. The maximum absolute atomic E-state index is 12.6. The third kappa shape index (κ3) is 2.11. The summed E-state index contributed by atoms with van der Waals surface area (Å²) < 4.78 is 0. The van der Waals surface area contributed by atoms with E-state index in [0.717, 1.165) is 19.3 Å². The van der Waals surface area contributed by atoms with Gasteiger partial charge < -0.3 is 10.2 Å². The molecule has 0 aromatic heterocycles. The van der Waals surface area contributed by atoms with Crippen LogP contribution in [0.15, 0.2) is 24.3 Å². The van der Waals surface area contributed by atoms with Crippen LogP contribution in [0.2, 0.25) is 0 Å². The fourth-order valence-electron chi connectivity index (χ4n) is 3.03. The van der Waals surface area contributed by atoms with Gasteiger partial charge in [0, 0.05) is 6.04 Å². The van der Waals surface area contributed by atoms with Crippen molar-refractivity contribution in [2.45, 2.75) is 38.1 Å². The summed E-state index contributed by atoms with van der Waals surface area (Å²) in [6.07, 6.45) is 3.29. The van der Waals surface area contributed by atoms with Gasteiger partial charge in [0.1, 0.15) is 5.41 Å². The molecular formula is C17H16N2O5. The lowest BCUT2D eigenvalue weighted by atomic mass is 9.68. The van der Waals surface area contributed by atoms with E-state index in [0.29, 0.717) is 17.9 Å². The Hall–Kier alpha value is -2.70. The molecule has 7 heteroatoms. The molecular weight excluding hydrogens is 312 g/mol. The molecule has 1 N–H and O–H groups in total. The Kier molecular flexibility index (Phi) is 3.19. The Balaban J connectivity index is 1.52. The summed E-state index contributed by atoms with van der Waals surface area (Å²) in [6, 6.07) is 6.39. The van der Waals surface area contributed by atoms with Gasteiger partial charge in [0.25, 0.3) is 11.8 Å². The molecule has 7 nitrogen and oxygen atoms in total. The number of hydroxylamine groups is 2. The molecule has 124 valence electrons. The molecule has 24 heavy (non-hydrogen) atoms. The van der Waals surface area contributed by atoms with Crippen molar-refractivity contribution in [1.82, 2.24) is 10.4 Å². The van der Waals surface area contributed by atoms with Crippen LogP contribution in [0, 0.1) is 5.41 Å². The van der Waals surface area contributed by atoms with E-state index in [-0.39, 0.29) is 23.1 Å². The van der Waals surface area contributed by atoms with E-state index in [1.165, 1.54) is 12.1 Å². The maximum atomic E-state index is 12.6. The quantitative estimate of drug-likeness (QED) is 0.662. The molecule has 0 atom stereocenters. The predicted molar refractivity (Wildman–Crippen MR) is 80.5 cm³/mol. The highest BCUT2D eigenvalue weighted by Crippen LogP contribution is 2.43. The molecule has 2 aliphatic carbocycles. The van der Waals surface area contributed by atoms with Gasteiger partial charge in [0.15, 0.2) is 0 Å². The van der Waals surface area contributed by atoms with Gasteiger partial charge in [-0.3, -0.25) is 14.4 Å². The highest BCUT2D eigenvalue weighted by Gasteiger charge is 2.55. The Morgan fingerprint density at radius 3 is 2.12 bits per heavy atom. The Morgan fingerprint density at radius 1 is 1.08 bits per heavy atom. The molecule has 1 aromatic rings. The molecule has 1 aromatic carbocycles. The molecule has 1 heterocycles. The molecule has 1 aliphatic heterocycles. The molecule has 2 fully saturated rings. The van der Waals surface area contributed by atoms with Crippen molar-refractivity contribution < 1.29 is 24.0 Å². The molecule has 4 rings (SSSR count). The number of hydrogen-bond donors (Lipinski definition) is 1. The second kappa shape index (κ2) is 5.15. The van der Waals surface area contributed by atoms with Gasteiger partial charge in [0.2, 0.25) is 5.91 Å². The van der Waals surface area contributed by atoms with Gasteiger partial charge in [-0.25, -0.2) is 4.79 Å². The molecule has 0 bridgehead atoms. The number of carbonyl (C=O) groups is 4. The van der Waals surface area contributed by atoms with Crippen molar-refractivity contribution in [3.8, 4) is 0 Å². The normalized spacial score (nSPS) is 21.1. The smallest absolute Gasteiger partial charge is 0.348 e. The van der Waals surface area contributed by atoms with Crippen LogP contribution in [0.25, 0.3) is 0 Å². The van der Waals surface area contributed by atoms with Crippen molar-refractivity contribution in [2.75, 3.05) is 0 Å². The van der Waals surface area contributed by atoms with E-state index in [1.807, 2.05) is 0 Å². The fraction of sp³-hybridized carbons (Fsp3) is 0.412. The van der Waals surface area contributed by atoms with Crippen LogP contribution < -0.4 is 5.32 Å². The zero-order valence-electron chi connectivity index (χ0n) is 12.9. The minimum absolute atomic E-state index is 0.127. The minimum atomic E-state index is -1.28. The molecule has 0 saturated heterocycles. The number of amides is 3. The molecule has 2 saturated carbocycles. The molecule has 0 spiro atoms. The van der Waals surface area contributed by atoms with Crippen LogP contribution in [-0.4, -0.2) is 34.8 Å². The first-order valence-electron chi connectivity index (χ1n) is 8.04. The number of nitrogens with zero attached hydrogens (tertiary/aromatic N) is 1. The lowest BCUT2D eigenvalue weighted by Gasteiger charge is -2.37. The Labute approximate surface area is 137 Å². The first kappa shape index (κ1) is 14.9. The van der Waals surface area contributed by atoms with Crippen LogP contribution in [-0.2, 0) is 14.4 Å². The average Bonchev–Trinajstić information content (AvgIpc) is 3.30. The Bertz CT molecular complexity index is 729. The minimum Gasteiger partial charge on any atom is -0.352 e. The third-order valence-electron chi connectivity index (χ3n) is 4.88. The van der Waals surface area contributed by atoms with E-state index in [1.54, 1.807) is 12.1 Å². The lowest BCUT2D eigenvalue weighted by molar-refractivity contribution is -0.189. The third-order valence-corrected chi connectivity index (χ3v) is 4.88. The average molecular weight is 328 g/mol. The van der Waals surface area contributed by atoms with Gasteiger partial charge in [-0.15, -0.1) is 0 Å². The monoisotopic (exact) mass is 328 g/mol. The number of rotatable bonds is 4. The first-order chi connectivity index (χ1) is 11.5. The summed E-state index contributed by atoms with van der Waals surface area (Å²) >= 11 is 0. The molecule has 3 amide bonds.